The first-order valence-corrected chi connectivity index (χ1v) is 14.4. The van der Waals surface area contributed by atoms with E-state index in [1.54, 1.807) is 33.1 Å². The Labute approximate surface area is 227 Å². The van der Waals surface area contributed by atoms with Gasteiger partial charge >= 0.3 is 5.97 Å². The van der Waals surface area contributed by atoms with E-state index in [0.717, 1.165) is 47.4 Å². The van der Waals surface area contributed by atoms with Crippen molar-refractivity contribution in [3.63, 3.8) is 0 Å². The van der Waals surface area contributed by atoms with Crippen LogP contribution < -0.4 is 15.4 Å². The summed E-state index contributed by atoms with van der Waals surface area (Å²) in [6, 6.07) is 7.26. The average molecular weight is 561 g/mol. The van der Waals surface area contributed by atoms with Crippen molar-refractivity contribution in [2.75, 3.05) is 24.4 Å². The van der Waals surface area contributed by atoms with Crippen LogP contribution in [0.1, 0.15) is 53.1 Å². The number of methoxy groups -OCH3 is 1. The molecule has 3 aromatic rings. The number of nitrogens with one attached hydrogen (secondary N) is 2. The molecule has 2 aromatic heterocycles. The molecule has 0 aliphatic heterocycles. The van der Waals surface area contributed by atoms with Gasteiger partial charge in [0.15, 0.2) is 4.34 Å². The van der Waals surface area contributed by atoms with Gasteiger partial charge in [0.05, 0.1) is 31.0 Å². The number of aryl methyl sites for hydroxylation is 1. The van der Waals surface area contributed by atoms with Crippen molar-refractivity contribution in [1.29, 1.82) is 0 Å². The molecule has 4 rings (SSSR count). The Morgan fingerprint density at radius 1 is 1.08 bits per heavy atom. The maximum Gasteiger partial charge on any atom is 0.341 e. The van der Waals surface area contributed by atoms with Crippen LogP contribution in [0.3, 0.4) is 0 Å². The number of fused-ring (bicyclic) bond motifs is 1. The normalized spacial score (nSPS) is 13.4. The van der Waals surface area contributed by atoms with E-state index in [1.165, 1.54) is 34.4 Å². The zero-order valence-electron chi connectivity index (χ0n) is 20.8. The monoisotopic (exact) mass is 560 g/mol. The van der Waals surface area contributed by atoms with Crippen molar-refractivity contribution in [3.05, 3.63) is 45.8 Å². The largest absolute Gasteiger partial charge is 0.497 e. The number of ether oxygens (including phenoxy) is 2. The van der Waals surface area contributed by atoms with Crippen LogP contribution in [0, 0.1) is 0 Å². The maximum absolute atomic E-state index is 13.0. The van der Waals surface area contributed by atoms with Gasteiger partial charge in [0.1, 0.15) is 10.8 Å². The molecule has 0 fully saturated rings. The third-order valence-electron chi connectivity index (χ3n) is 5.71. The van der Waals surface area contributed by atoms with Crippen LogP contribution in [0.2, 0.25) is 0 Å². The van der Waals surface area contributed by atoms with Gasteiger partial charge in [0, 0.05) is 4.88 Å². The van der Waals surface area contributed by atoms with E-state index in [4.69, 9.17) is 9.47 Å². The lowest BCUT2D eigenvalue weighted by atomic mass is 9.95. The van der Waals surface area contributed by atoms with Crippen LogP contribution in [-0.4, -0.2) is 46.9 Å². The number of esters is 1. The number of benzene rings is 1. The molecule has 9 nitrogen and oxygen atoms in total. The van der Waals surface area contributed by atoms with E-state index in [-0.39, 0.29) is 24.8 Å². The van der Waals surface area contributed by atoms with Gasteiger partial charge in [0.2, 0.25) is 16.9 Å². The van der Waals surface area contributed by atoms with E-state index in [9.17, 15) is 14.4 Å². The summed E-state index contributed by atoms with van der Waals surface area (Å²) in [5.74, 6) is -0.119. The summed E-state index contributed by atoms with van der Waals surface area (Å²) >= 11 is 3.91. The molecule has 0 radical (unpaired) electrons. The van der Waals surface area contributed by atoms with Gasteiger partial charge in [-0.2, -0.15) is 0 Å². The molecule has 12 heteroatoms. The lowest BCUT2D eigenvalue weighted by Crippen LogP contribution is -2.23. The second kappa shape index (κ2) is 12.5. The quantitative estimate of drug-likeness (QED) is 0.203. The number of aromatic nitrogens is 2. The Balaban J connectivity index is 1.35. The molecule has 2 heterocycles. The predicted molar refractivity (Wildman–Crippen MR) is 146 cm³/mol. The summed E-state index contributed by atoms with van der Waals surface area (Å²) in [5, 5.41) is 14.2. The van der Waals surface area contributed by atoms with Gasteiger partial charge in [-0.1, -0.05) is 35.2 Å². The Morgan fingerprint density at radius 3 is 2.57 bits per heavy atom. The van der Waals surface area contributed by atoms with Crippen LogP contribution in [-0.2, 0) is 33.6 Å². The fourth-order valence-electron chi connectivity index (χ4n) is 3.89. The molecule has 2 N–H and O–H groups in total. The lowest BCUT2D eigenvalue weighted by molar-refractivity contribution is -0.116. The Bertz CT molecular complexity index is 1270. The number of thiophene rings is 1. The second-order valence-electron chi connectivity index (χ2n) is 8.33. The standard InChI is InChI=1S/C25H28N4O5S3/c1-4-34-23(32)20-17-7-5-6-8-18(17)36-22(20)27-21(31)14(2)35-25-29-28-24(37-25)26-19(30)13-15-9-11-16(33-3)12-10-15/h9-12,14H,4-8,13H2,1-3H3,(H,27,31)(H,26,28,30). The molecule has 0 spiro atoms. The SMILES string of the molecule is CCOC(=O)c1c(NC(=O)C(C)Sc2nnc(NC(=O)Cc3ccc(OC)cc3)s2)sc2c1CCCC2. The first-order valence-electron chi connectivity index (χ1n) is 11.9. The minimum atomic E-state index is -0.495. The van der Waals surface area contributed by atoms with Gasteiger partial charge < -0.3 is 20.1 Å². The summed E-state index contributed by atoms with van der Waals surface area (Å²) < 4.78 is 11.0. The molecule has 1 unspecified atom stereocenters. The number of rotatable bonds is 10. The number of anilines is 2. The predicted octanol–water partition coefficient (Wildman–Crippen LogP) is 4.96. The molecule has 0 saturated heterocycles. The van der Waals surface area contributed by atoms with Crippen LogP contribution >= 0.6 is 34.4 Å². The molecule has 1 aliphatic rings. The molecule has 0 saturated carbocycles. The van der Waals surface area contributed by atoms with Gasteiger partial charge in [-0.05, 0) is 62.8 Å². The van der Waals surface area contributed by atoms with E-state index in [2.05, 4.69) is 20.8 Å². The Kier molecular flexibility index (Phi) is 9.17. The molecule has 1 aliphatic carbocycles. The lowest BCUT2D eigenvalue weighted by Gasteiger charge is -2.13. The summed E-state index contributed by atoms with van der Waals surface area (Å²) in [7, 11) is 1.59. The van der Waals surface area contributed by atoms with Crippen molar-refractivity contribution in [2.45, 2.75) is 55.5 Å². The van der Waals surface area contributed by atoms with Gasteiger partial charge in [0.25, 0.3) is 0 Å². The van der Waals surface area contributed by atoms with Crippen molar-refractivity contribution in [1.82, 2.24) is 10.2 Å². The topological polar surface area (TPSA) is 120 Å². The van der Waals surface area contributed by atoms with Crippen molar-refractivity contribution in [3.8, 4) is 5.75 Å². The minimum absolute atomic E-state index is 0.193. The molecule has 1 aromatic carbocycles. The van der Waals surface area contributed by atoms with Crippen LogP contribution in [0.4, 0.5) is 10.1 Å². The van der Waals surface area contributed by atoms with Crippen molar-refractivity contribution in [2.24, 2.45) is 0 Å². The fourth-order valence-corrected chi connectivity index (χ4v) is 7.08. The van der Waals surface area contributed by atoms with Crippen LogP contribution in [0.15, 0.2) is 28.6 Å². The summed E-state index contributed by atoms with van der Waals surface area (Å²) in [5.41, 5.74) is 2.34. The zero-order chi connectivity index (χ0) is 26.4. The number of nitrogens with zero attached hydrogens (tertiary/aromatic N) is 2. The first kappa shape index (κ1) is 27.1. The number of carbonyl (C=O) groups is 3. The smallest absolute Gasteiger partial charge is 0.341 e. The highest BCUT2D eigenvalue weighted by Crippen LogP contribution is 2.39. The maximum atomic E-state index is 13.0. The highest BCUT2D eigenvalue weighted by Gasteiger charge is 2.28. The fraction of sp³-hybridized carbons (Fsp3) is 0.400. The highest BCUT2D eigenvalue weighted by atomic mass is 32.2. The molecule has 196 valence electrons. The molecular weight excluding hydrogens is 532 g/mol. The summed E-state index contributed by atoms with van der Waals surface area (Å²) in [6.07, 6.45) is 4.01. The van der Waals surface area contributed by atoms with E-state index < -0.39 is 11.2 Å². The van der Waals surface area contributed by atoms with Crippen LogP contribution in [0.25, 0.3) is 0 Å². The molecule has 37 heavy (non-hydrogen) atoms. The highest BCUT2D eigenvalue weighted by molar-refractivity contribution is 8.02. The third-order valence-corrected chi connectivity index (χ3v) is 8.94. The van der Waals surface area contributed by atoms with E-state index in [0.29, 0.717) is 20.0 Å². The number of carbonyl (C=O) groups excluding carboxylic acids is 3. The molecular formula is C25H28N4O5S3. The van der Waals surface area contributed by atoms with E-state index >= 15 is 0 Å². The number of amides is 2. The first-order chi connectivity index (χ1) is 17.9. The van der Waals surface area contributed by atoms with E-state index in [1.807, 2.05) is 12.1 Å². The summed E-state index contributed by atoms with van der Waals surface area (Å²) in [6.45, 7) is 3.81. The van der Waals surface area contributed by atoms with Gasteiger partial charge in [-0.15, -0.1) is 21.5 Å². The van der Waals surface area contributed by atoms with Gasteiger partial charge in [-0.3, -0.25) is 9.59 Å². The molecule has 2 amide bonds. The number of hydrogen-bond donors (Lipinski definition) is 2. The van der Waals surface area contributed by atoms with Gasteiger partial charge in [-0.25, -0.2) is 4.79 Å². The van der Waals surface area contributed by atoms with Crippen molar-refractivity contribution < 1.29 is 23.9 Å². The number of hydrogen-bond acceptors (Lipinski definition) is 10. The minimum Gasteiger partial charge on any atom is -0.497 e. The number of thioether (sulfide) groups is 1. The van der Waals surface area contributed by atoms with Crippen molar-refractivity contribution >= 4 is 62.4 Å². The average Bonchev–Trinajstić information content (AvgIpc) is 3.47. The van der Waals surface area contributed by atoms with Crippen LogP contribution in [0.5, 0.6) is 5.75 Å². The Morgan fingerprint density at radius 2 is 1.84 bits per heavy atom. The second-order valence-corrected chi connectivity index (χ2v) is 12.0. The molecule has 1 atom stereocenters. The summed E-state index contributed by atoms with van der Waals surface area (Å²) in [4.78, 5) is 39.2. The zero-order valence-corrected chi connectivity index (χ0v) is 23.2. The third kappa shape index (κ3) is 6.88. The molecule has 0 bridgehead atoms. The Hall–Kier alpha value is -2.96.